The smallest absolute Gasteiger partial charge is 0.134 e. The van der Waals surface area contributed by atoms with Gasteiger partial charge in [-0.3, -0.25) is 0 Å². The summed E-state index contributed by atoms with van der Waals surface area (Å²) >= 11 is 1.75. The molecule has 1 unspecified atom stereocenters. The molecule has 6 nitrogen and oxygen atoms in total. The van der Waals surface area contributed by atoms with Gasteiger partial charge in [0.15, 0.2) is 0 Å². The maximum atomic E-state index is 4.61. The number of hydrogen-bond acceptors (Lipinski definition) is 7. The van der Waals surface area contributed by atoms with Crippen molar-refractivity contribution in [3.05, 3.63) is 28.5 Å². The summed E-state index contributed by atoms with van der Waals surface area (Å²) in [6.45, 7) is 5.00. The van der Waals surface area contributed by atoms with Gasteiger partial charge in [-0.1, -0.05) is 6.92 Å². The molecule has 0 bridgehead atoms. The van der Waals surface area contributed by atoms with Gasteiger partial charge in [0, 0.05) is 44.2 Å². The molecule has 1 aliphatic heterocycles. The van der Waals surface area contributed by atoms with Gasteiger partial charge in [0.05, 0.1) is 10.7 Å². The Bertz CT molecular complexity index is 629. The lowest BCUT2D eigenvalue weighted by Crippen LogP contribution is -2.38. The van der Waals surface area contributed by atoms with E-state index in [1.807, 2.05) is 13.1 Å². The number of rotatable bonds is 7. The van der Waals surface area contributed by atoms with E-state index in [0.717, 1.165) is 43.4 Å². The van der Waals surface area contributed by atoms with E-state index in [9.17, 15) is 0 Å². The van der Waals surface area contributed by atoms with Crippen LogP contribution in [0.5, 0.6) is 0 Å². The van der Waals surface area contributed by atoms with E-state index in [2.05, 4.69) is 42.8 Å². The predicted molar refractivity (Wildman–Crippen MR) is 95.1 cm³/mol. The molecule has 3 rings (SSSR count). The van der Waals surface area contributed by atoms with E-state index in [0.29, 0.717) is 6.04 Å². The van der Waals surface area contributed by atoms with Crippen LogP contribution in [0.4, 0.5) is 11.6 Å². The molecule has 1 aliphatic rings. The molecule has 0 aliphatic carbocycles. The van der Waals surface area contributed by atoms with Crippen molar-refractivity contribution in [2.24, 2.45) is 0 Å². The van der Waals surface area contributed by atoms with Gasteiger partial charge in [0.2, 0.25) is 0 Å². The van der Waals surface area contributed by atoms with Crippen LogP contribution in [0, 0.1) is 0 Å². The molecule has 2 aromatic rings. The Kier molecular flexibility index (Phi) is 5.40. The maximum absolute atomic E-state index is 4.61. The fourth-order valence-electron chi connectivity index (χ4n) is 2.95. The molecule has 0 saturated carbocycles. The number of nitrogens with zero attached hydrogens (tertiary/aromatic N) is 4. The van der Waals surface area contributed by atoms with Crippen molar-refractivity contribution in [2.45, 2.75) is 38.8 Å². The average molecular weight is 332 g/mol. The zero-order valence-electron chi connectivity index (χ0n) is 13.7. The normalized spacial score (nSPS) is 17.7. The van der Waals surface area contributed by atoms with Crippen LogP contribution < -0.4 is 15.5 Å². The minimum absolute atomic E-state index is 0.485. The summed E-state index contributed by atoms with van der Waals surface area (Å²) in [5.74, 6) is 1.87. The van der Waals surface area contributed by atoms with Gasteiger partial charge in [-0.05, 0) is 19.3 Å². The largest absolute Gasteiger partial charge is 0.373 e. The summed E-state index contributed by atoms with van der Waals surface area (Å²) in [5.41, 5.74) is 1.15. The monoisotopic (exact) mass is 332 g/mol. The van der Waals surface area contributed by atoms with E-state index in [4.69, 9.17) is 0 Å². The highest BCUT2D eigenvalue weighted by Crippen LogP contribution is 2.24. The molecule has 0 spiro atoms. The summed E-state index contributed by atoms with van der Waals surface area (Å²) in [6.07, 6.45) is 5.05. The topological polar surface area (TPSA) is 66.0 Å². The highest BCUT2D eigenvalue weighted by Gasteiger charge is 2.25. The van der Waals surface area contributed by atoms with Crippen molar-refractivity contribution in [1.29, 1.82) is 0 Å². The van der Waals surface area contributed by atoms with E-state index in [1.165, 1.54) is 17.8 Å². The summed E-state index contributed by atoms with van der Waals surface area (Å²) in [5, 5.41) is 10.00. The Morgan fingerprint density at radius 2 is 2.30 bits per heavy atom. The standard InChI is InChI=1S/C16H24N6S/c1-3-16-21-12(10-23-16)8-18-9-13-5-4-6-22(13)15-7-14(17-2)19-11-20-15/h7,10-11,13,18H,3-6,8-9H2,1-2H3,(H,17,19,20). The molecule has 124 valence electrons. The molecular formula is C16H24N6S. The Labute approximate surface area is 141 Å². The number of anilines is 2. The van der Waals surface area contributed by atoms with E-state index < -0.39 is 0 Å². The lowest BCUT2D eigenvalue weighted by atomic mass is 10.2. The average Bonchev–Trinajstić information content (AvgIpc) is 3.24. The SMILES string of the molecule is CCc1nc(CNCC2CCCN2c2cc(NC)ncn2)cs1. The Hall–Kier alpha value is -1.73. The number of thiazole rings is 1. The number of aryl methyl sites for hydroxylation is 1. The fourth-order valence-corrected chi connectivity index (χ4v) is 3.69. The molecule has 23 heavy (non-hydrogen) atoms. The Morgan fingerprint density at radius 3 is 3.09 bits per heavy atom. The Morgan fingerprint density at radius 1 is 1.39 bits per heavy atom. The van der Waals surface area contributed by atoms with Crippen LogP contribution in [0.2, 0.25) is 0 Å². The van der Waals surface area contributed by atoms with Gasteiger partial charge in [-0.2, -0.15) is 0 Å². The Balaban J connectivity index is 1.56. The van der Waals surface area contributed by atoms with E-state index >= 15 is 0 Å². The molecule has 0 radical (unpaired) electrons. The molecule has 3 heterocycles. The molecule has 1 fully saturated rings. The number of aromatic nitrogens is 3. The van der Waals surface area contributed by atoms with Gasteiger partial charge >= 0.3 is 0 Å². The summed E-state index contributed by atoms with van der Waals surface area (Å²) in [6, 6.07) is 2.51. The van der Waals surface area contributed by atoms with Gasteiger partial charge < -0.3 is 15.5 Å². The lowest BCUT2D eigenvalue weighted by molar-refractivity contribution is 0.567. The van der Waals surface area contributed by atoms with E-state index in [-0.39, 0.29) is 0 Å². The van der Waals surface area contributed by atoms with Crippen molar-refractivity contribution in [3.8, 4) is 0 Å². The van der Waals surface area contributed by atoms with Crippen LogP contribution in [0.25, 0.3) is 0 Å². The fraction of sp³-hybridized carbons (Fsp3) is 0.562. The first-order chi connectivity index (χ1) is 11.3. The van der Waals surface area contributed by atoms with Crippen LogP contribution in [0.3, 0.4) is 0 Å². The van der Waals surface area contributed by atoms with Crippen LogP contribution in [-0.2, 0) is 13.0 Å². The minimum Gasteiger partial charge on any atom is -0.373 e. The third-order valence-corrected chi connectivity index (χ3v) is 5.21. The van der Waals surface area contributed by atoms with Crippen molar-refractivity contribution in [2.75, 3.05) is 30.4 Å². The van der Waals surface area contributed by atoms with Crippen LogP contribution in [-0.4, -0.2) is 41.1 Å². The van der Waals surface area contributed by atoms with Gasteiger partial charge in [-0.25, -0.2) is 15.0 Å². The quantitative estimate of drug-likeness (QED) is 0.811. The third kappa shape index (κ3) is 3.97. The lowest BCUT2D eigenvalue weighted by Gasteiger charge is -2.26. The third-order valence-electron chi connectivity index (χ3n) is 4.17. The number of hydrogen-bond donors (Lipinski definition) is 2. The van der Waals surface area contributed by atoms with Crippen molar-refractivity contribution in [3.63, 3.8) is 0 Å². The molecule has 0 amide bonds. The molecule has 0 aromatic carbocycles. The zero-order valence-corrected chi connectivity index (χ0v) is 14.6. The highest BCUT2D eigenvalue weighted by atomic mass is 32.1. The molecule has 1 saturated heterocycles. The zero-order chi connectivity index (χ0) is 16.1. The first-order valence-corrected chi connectivity index (χ1v) is 9.08. The van der Waals surface area contributed by atoms with Gasteiger partial charge in [0.25, 0.3) is 0 Å². The van der Waals surface area contributed by atoms with Crippen molar-refractivity contribution in [1.82, 2.24) is 20.3 Å². The van der Waals surface area contributed by atoms with Gasteiger partial charge in [-0.15, -0.1) is 11.3 Å². The van der Waals surface area contributed by atoms with Gasteiger partial charge in [0.1, 0.15) is 18.0 Å². The highest BCUT2D eigenvalue weighted by molar-refractivity contribution is 7.09. The molecule has 1 atom stereocenters. The summed E-state index contributed by atoms with van der Waals surface area (Å²) < 4.78 is 0. The van der Waals surface area contributed by atoms with E-state index in [1.54, 1.807) is 17.7 Å². The first-order valence-electron chi connectivity index (χ1n) is 8.20. The molecular weight excluding hydrogens is 308 g/mol. The van der Waals surface area contributed by atoms with Crippen LogP contribution in [0.1, 0.15) is 30.5 Å². The second-order valence-corrected chi connectivity index (χ2v) is 6.66. The second-order valence-electron chi connectivity index (χ2n) is 5.72. The van der Waals surface area contributed by atoms with Crippen LogP contribution in [0.15, 0.2) is 17.8 Å². The predicted octanol–water partition coefficient (Wildman–Crippen LogP) is 2.30. The molecule has 2 N–H and O–H groups in total. The summed E-state index contributed by atoms with van der Waals surface area (Å²) in [4.78, 5) is 15.6. The molecule has 7 heteroatoms. The van der Waals surface area contributed by atoms with Crippen LogP contribution >= 0.6 is 11.3 Å². The maximum Gasteiger partial charge on any atom is 0.134 e. The van der Waals surface area contributed by atoms with Crippen molar-refractivity contribution >= 4 is 23.0 Å². The minimum atomic E-state index is 0.485. The molecule has 2 aromatic heterocycles. The number of nitrogens with one attached hydrogen (secondary N) is 2. The second kappa shape index (κ2) is 7.70. The van der Waals surface area contributed by atoms with Crippen molar-refractivity contribution < 1.29 is 0 Å². The summed E-state index contributed by atoms with van der Waals surface area (Å²) in [7, 11) is 1.88. The first kappa shape index (κ1) is 16.1.